The normalized spacial score (nSPS) is 10.7. The van der Waals surface area contributed by atoms with E-state index in [2.05, 4.69) is 16.9 Å². The van der Waals surface area contributed by atoms with Crippen molar-refractivity contribution >= 4 is 16.9 Å². The van der Waals surface area contributed by atoms with Crippen molar-refractivity contribution in [3.8, 4) is 5.75 Å². The Balaban J connectivity index is 1.69. The predicted octanol–water partition coefficient (Wildman–Crippen LogP) is 3.70. The SMILES string of the molecule is C=C(C)COc1ccc2c(C)c(CCC(=O)NCc3ccccn3)c(=O)oc2c1. The summed E-state index contributed by atoms with van der Waals surface area (Å²) >= 11 is 0. The second-order valence-corrected chi connectivity index (χ2v) is 6.99. The Kier molecular flexibility index (Phi) is 6.44. The van der Waals surface area contributed by atoms with E-state index in [0.29, 0.717) is 36.5 Å². The largest absolute Gasteiger partial charge is 0.489 e. The number of pyridine rings is 1. The average Bonchev–Trinajstić information content (AvgIpc) is 2.71. The van der Waals surface area contributed by atoms with Crippen molar-refractivity contribution in [3.63, 3.8) is 0 Å². The summed E-state index contributed by atoms with van der Waals surface area (Å²) in [4.78, 5) is 28.8. The quantitative estimate of drug-likeness (QED) is 0.467. The molecule has 1 N–H and O–H groups in total. The van der Waals surface area contributed by atoms with Crippen molar-refractivity contribution in [3.05, 3.63) is 82.0 Å². The molecule has 6 nitrogen and oxygen atoms in total. The van der Waals surface area contributed by atoms with Gasteiger partial charge in [0.25, 0.3) is 0 Å². The third-order valence-electron chi connectivity index (χ3n) is 4.54. The van der Waals surface area contributed by atoms with Crippen molar-refractivity contribution in [1.82, 2.24) is 10.3 Å². The molecule has 0 saturated carbocycles. The smallest absolute Gasteiger partial charge is 0.339 e. The lowest BCUT2D eigenvalue weighted by Gasteiger charge is -2.10. The van der Waals surface area contributed by atoms with Gasteiger partial charge in [0.1, 0.15) is 17.9 Å². The van der Waals surface area contributed by atoms with Gasteiger partial charge in [-0.2, -0.15) is 0 Å². The third-order valence-corrected chi connectivity index (χ3v) is 4.54. The summed E-state index contributed by atoms with van der Waals surface area (Å²) in [7, 11) is 0. The highest BCUT2D eigenvalue weighted by Crippen LogP contribution is 2.25. The van der Waals surface area contributed by atoms with E-state index in [-0.39, 0.29) is 12.3 Å². The van der Waals surface area contributed by atoms with Crippen LogP contribution in [0.25, 0.3) is 11.0 Å². The topological polar surface area (TPSA) is 81.4 Å². The van der Waals surface area contributed by atoms with E-state index in [1.807, 2.05) is 44.2 Å². The maximum absolute atomic E-state index is 12.5. The number of aromatic nitrogens is 1. The first-order chi connectivity index (χ1) is 13.9. The number of ether oxygens (including phenoxy) is 1. The van der Waals surface area contributed by atoms with Gasteiger partial charge < -0.3 is 14.5 Å². The van der Waals surface area contributed by atoms with E-state index in [1.165, 1.54) is 0 Å². The maximum Gasteiger partial charge on any atom is 0.339 e. The number of amides is 1. The number of rotatable bonds is 8. The van der Waals surface area contributed by atoms with Gasteiger partial charge in [-0.25, -0.2) is 4.79 Å². The number of carbonyl (C=O) groups excluding carboxylic acids is 1. The van der Waals surface area contributed by atoms with Crippen LogP contribution in [0.4, 0.5) is 0 Å². The fourth-order valence-corrected chi connectivity index (χ4v) is 2.98. The molecule has 0 unspecified atom stereocenters. The number of nitrogens with zero attached hydrogens (tertiary/aromatic N) is 1. The van der Waals surface area contributed by atoms with Crippen molar-refractivity contribution in [2.75, 3.05) is 6.61 Å². The van der Waals surface area contributed by atoms with Gasteiger partial charge in [0.15, 0.2) is 0 Å². The number of fused-ring (bicyclic) bond motifs is 1. The zero-order valence-corrected chi connectivity index (χ0v) is 16.7. The van der Waals surface area contributed by atoms with Crippen molar-refractivity contribution in [1.29, 1.82) is 0 Å². The highest BCUT2D eigenvalue weighted by atomic mass is 16.5. The van der Waals surface area contributed by atoms with Crippen LogP contribution in [0.1, 0.15) is 30.2 Å². The van der Waals surface area contributed by atoms with Gasteiger partial charge in [0.05, 0.1) is 12.2 Å². The van der Waals surface area contributed by atoms with Gasteiger partial charge in [-0.1, -0.05) is 12.6 Å². The first-order valence-corrected chi connectivity index (χ1v) is 9.44. The number of hydrogen-bond donors (Lipinski definition) is 1. The Bertz CT molecular complexity index is 1090. The summed E-state index contributed by atoms with van der Waals surface area (Å²) in [6.07, 6.45) is 2.19. The van der Waals surface area contributed by atoms with Gasteiger partial charge >= 0.3 is 5.63 Å². The van der Waals surface area contributed by atoms with E-state index in [0.717, 1.165) is 22.2 Å². The summed E-state index contributed by atoms with van der Waals surface area (Å²) in [6.45, 7) is 8.31. The minimum absolute atomic E-state index is 0.141. The lowest BCUT2D eigenvalue weighted by Crippen LogP contribution is -2.24. The molecule has 0 saturated heterocycles. The van der Waals surface area contributed by atoms with Gasteiger partial charge in [-0.05, 0) is 55.7 Å². The molecule has 3 aromatic rings. The van der Waals surface area contributed by atoms with Crippen molar-refractivity contribution < 1.29 is 13.9 Å². The van der Waals surface area contributed by atoms with Crippen LogP contribution in [0.5, 0.6) is 5.75 Å². The van der Waals surface area contributed by atoms with Crippen molar-refractivity contribution in [2.24, 2.45) is 0 Å². The predicted molar refractivity (Wildman–Crippen MR) is 112 cm³/mol. The Morgan fingerprint density at radius 1 is 1.28 bits per heavy atom. The Morgan fingerprint density at radius 3 is 2.83 bits per heavy atom. The van der Waals surface area contributed by atoms with Crippen molar-refractivity contribution in [2.45, 2.75) is 33.2 Å². The molecule has 0 bridgehead atoms. The summed E-state index contributed by atoms with van der Waals surface area (Å²) in [5.41, 5.74) is 3.06. The molecule has 3 rings (SSSR count). The molecule has 1 aromatic carbocycles. The van der Waals surface area contributed by atoms with Gasteiger partial charge in [-0.15, -0.1) is 0 Å². The molecule has 0 aliphatic heterocycles. The second-order valence-electron chi connectivity index (χ2n) is 6.99. The number of carbonyl (C=O) groups is 1. The molecular weight excluding hydrogens is 368 g/mol. The van der Waals surface area contributed by atoms with Gasteiger partial charge in [0, 0.05) is 29.6 Å². The zero-order chi connectivity index (χ0) is 20.8. The number of hydrogen-bond acceptors (Lipinski definition) is 5. The molecule has 0 radical (unpaired) electrons. The van der Waals surface area contributed by atoms with Crippen LogP contribution in [0, 0.1) is 6.92 Å². The monoisotopic (exact) mass is 392 g/mol. The van der Waals surface area contributed by atoms with Crippen LogP contribution in [0.15, 0.2) is 64.0 Å². The summed E-state index contributed by atoms with van der Waals surface area (Å²) in [6, 6.07) is 10.9. The summed E-state index contributed by atoms with van der Waals surface area (Å²) in [5, 5.41) is 3.65. The first-order valence-electron chi connectivity index (χ1n) is 9.44. The number of aryl methyl sites for hydroxylation is 1. The van der Waals surface area contributed by atoms with E-state index >= 15 is 0 Å². The third kappa shape index (κ3) is 5.31. The molecule has 2 heterocycles. The van der Waals surface area contributed by atoms with E-state index in [9.17, 15) is 9.59 Å². The summed E-state index contributed by atoms with van der Waals surface area (Å²) in [5.74, 6) is 0.475. The lowest BCUT2D eigenvalue weighted by atomic mass is 10.0. The molecule has 0 aliphatic rings. The maximum atomic E-state index is 12.5. The van der Waals surface area contributed by atoms with Crippen LogP contribution in [-0.4, -0.2) is 17.5 Å². The van der Waals surface area contributed by atoms with Crippen LogP contribution in [-0.2, 0) is 17.8 Å². The Morgan fingerprint density at radius 2 is 2.10 bits per heavy atom. The van der Waals surface area contributed by atoms with Gasteiger partial charge in [0.2, 0.25) is 5.91 Å². The van der Waals surface area contributed by atoms with E-state index < -0.39 is 5.63 Å². The molecular formula is C23H24N2O4. The molecule has 150 valence electrons. The van der Waals surface area contributed by atoms with Gasteiger partial charge in [-0.3, -0.25) is 9.78 Å². The number of nitrogens with one attached hydrogen (secondary N) is 1. The van der Waals surface area contributed by atoms with Crippen LogP contribution in [0.3, 0.4) is 0 Å². The molecule has 0 fully saturated rings. The molecule has 0 atom stereocenters. The number of benzene rings is 1. The standard InChI is InChI=1S/C23H24N2O4/c1-15(2)14-28-18-7-8-19-16(3)20(23(27)29-21(19)12-18)9-10-22(26)25-13-17-6-4-5-11-24-17/h4-8,11-12H,1,9-10,13-14H2,2-3H3,(H,25,26). The summed E-state index contributed by atoms with van der Waals surface area (Å²) < 4.78 is 11.1. The molecule has 29 heavy (non-hydrogen) atoms. The van der Waals surface area contributed by atoms with E-state index in [4.69, 9.17) is 9.15 Å². The lowest BCUT2D eigenvalue weighted by molar-refractivity contribution is -0.121. The molecule has 1 amide bonds. The fraction of sp³-hybridized carbons (Fsp3) is 0.261. The molecule has 2 aromatic heterocycles. The average molecular weight is 392 g/mol. The minimum Gasteiger partial charge on any atom is -0.489 e. The minimum atomic E-state index is -0.426. The highest BCUT2D eigenvalue weighted by molar-refractivity contribution is 5.82. The van der Waals surface area contributed by atoms with Crippen LogP contribution >= 0.6 is 0 Å². The Hall–Kier alpha value is -3.41. The van der Waals surface area contributed by atoms with Crippen LogP contribution in [0.2, 0.25) is 0 Å². The Labute approximate surface area is 169 Å². The highest BCUT2D eigenvalue weighted by Gasteiger charge is 2.14. The van der Waals surface area contributed by atoms with Crippen LogP contribution < -0.4 is 15.7 Å². The molecule has 6 heteroatoms. The first kappa shape index (κ1) is 20.3. The second kappa shape index (κ2) is 9.19. The fourth-order valence-electron chi connectivity index (χ4n) is 2.98. The van der Waals surface area contributed by atoms with E-state index in [1.54, 1.807) is 12.3 Å². The zero-order valence-electron chi connectivity index (χ0n) is 16.7. The molecule has 0 spiro atoms. The molecule has 0 aliphatic carbocycles.